The van der Waals surface area contributed by atoms with Crippen molar-refractivity contribution >= 4 is 34.2 Å². The summed E-state index contributed by atoms with van der Waals surface area (Å²) >= 11 is 1.40. The lowest BCUT2D eigenvalue weighted by Crippen LogP contribution is -2.33. The van der Waals surface area contributed by atoms with Crippen LogP contribution in [0.4, 0.5) is 0 Å². The fourth-order valence-corrected chi connectivity index (χ4v) is 4.59. The van der Waals surface area contributed by atoms with Crippen molar-refractivity contribution in [1.82, 2.24) is 19.9 Å². The van der Waals surface area contributed by atoms with Crippen molar-refractivity contribution in [3.63, 3.8) is 0 Å². The largest absolute Gasteiger partial charge is 0.493 e. The van der Waals surface area contributed by atoms with E-state index in [1.54, 1.807) is 0 Å². The summed E-state index contributed by atoms with van der Waals surface area (Å²) in [5.74, 6) is 1.11. The lowest BCUT2D eigenvalue weighted by Gasteiger charge is -2.26. The van der Waals surface area contributed by atoms with Crippen molar-refractivity contribution < 1.29 is 9.53 Å². The number of ether oxygens (including phenoxy) is 1. The standard InChI is InChI=1S/C22H20N4O2S/c1-14-12-20-24-25-22(26(20)18-8-4-2-6-15(14)18)29-13-21(27)23-17-10-11-28-19-9-5-3-7-16(17)19/h2-9,12,17H,10-11,13H2,1H3,(H,23,27). The van der Waals surface area contributed by atoms with Crippen LogP contribution in [0, 0.1) is 6.92 Å². The Labute approximate surface area is 172 Å². The number of fused-ring (bicyclic) bond motifs is 4. The first kappa shape index (κ1) is 18.0. The smallest absolute Gasteiger partial charge is 0.230 e. The summed E-state index contributed by atoms with van der Waals surface area (Å²) in [7, 11) is 0. The van der Waals surface area contributed by atoms with Gasteiger partial charge in [0.1, 0.15) is 5.75 Å². The third-order valence-electron chi connectivity index (χ3n) is 5.20. The average molecular weight is 404 g/mol. The van der Waals surface area contributed by atoms with Gasteiger partial charge in [-0.1, -0.05) is 48.2 Å². The van der Waals surface area contributed by atoms with Gasteiger partial charge in [-0.25, -0.2) is 0 Å². The number of amides is 1. The number of benzene rings is 2. The second kappa shape index (κ2) is 7.40. The molecule has 29 heavy (non-hydrogen) atoms. The number of carbonyl (C=O) groups is 1. The number of nitrogens with zero attached hydrogens (tertiary/aromatic N) is 3. The molecule has 0 radical (unpaired) electrons. The highest BCUT2D eigenvalue weighted by atomic mass is 32.2. The highest BCUT2D eigenvalue weighted by molar-refractivity contribution is 7.99. The molecule has 0 aliphatic carbocycles. The van der Waals surface area contributed by atoms with Gasteiger partial charge in [-0.15, -0.1) is 10.2 Å². The number of nitrogens with one attached hydrogen (secondary N) is 1. The van der Waals surface area contributed by atoms with Crippen molar-refractivity contribution in [2.45, 2.75) is 24.5 Å². The van der Waals surface area contributed by atoms with Crippen molar-refractivity contribution in [2.24, 2.45) is 0 Å². The molecule has 0 bridgehead atoms. The first-order chi connectivity index (χ1) is 14.2. The molecule has 2 aromatic heterocycles. The van der Waals surface area contributed by atoms with Gasteiger partial charge in [0.15, 0.2) is 10.8 Å². The predicted octanol–water partition coefficient (Wildman–Crippen LogP) is 3.92. The number of hydrogen-bond donors (Lipinski definition) is 1. The van der Waals surface area contributed by atoms with Crippen LogP contribution in [-0.4, -0.2) is 32.9 Å². The SMILES string of the molecule is Cc1cc2nnc(SCC(=O)NC3CCOc4ccccc43)n2c2ccccc12. The molecule has 1 N–H and O–H groups in total. The van der Waals surface area contributed by atoms with Crippen LogP contribution in [0.1, 0.15) is 23.6 Å². The molecule has 6 nitrogen and oxygen atoms in total. The van der Waals surface area contributed by atoms with Crippen LogP contribution in [0.5, 0.6) is 5.75 Å². The molecule has 4 aromatic rings. The maximum absolute atomic E-state index is 12.6. The van der Waals surface area contributed by atoms with Gasteiger partial charge < -0.3 is 10.1 Å². The van der Waals surface area contributed by atoms with Crippen LogP contribution in [0.3, 0.4) is 0 Å². The highest BCUT2D eigenvalue weighted by Crippen LogP contribution is 2.32. The van der Waals surface area contributed by atoms with Gasteiger partial charge >= 0.3 is 0 Å². The highest BCUT2D eigenvalue weighted by Gasteiger charge is 2.23. The number of aryl methyl sites for hydroxylation is 1. The van der Waals surface area contributed by atoms with E-state index in [1.807, 2.05) is 46.9 Å². The number of thioether (sulfide) groups is 1. The first-order valence-corrected chi connectivity index (χ1v) is 10.6. The van der Waals surface area contributed by atoms with Crippen molar-refractivity contribution in [3.05, 3.63) is 65.7 Å². The minimum Gasteiger partial charge on any atom is -0.493 e. The van der Waals surface area contributed by atoms with Crippen LogP contribution in [0.25, 0.3) is 16.6 Å². The number of hydrogen-bond acceptors (Lipinski definition) is 5. The summed E-state index contributed by atoms with van der Waals surface area (Å²) in [5.41, 5.74) is 4.04. The zero-order valence-electron chi connectivity index (χ0n) is 16.0. The molecule has 1 atom stereocenters. The van der Waals surface area contributed by atoms with Gasteiger partial charge in [-0.3, -0.25) is 9.20 Å². The van der Waals surface area contributed by atoms with Crippen molar-refractivity contribution in [3.8, 4) is 5.75 Å². The predicted molar refractivity (Wildman–Crippen MR) is 113 cm³/mol. The molecule has 3 heterocycles. The Morgan fingerprint density at radius 2 is 2.03 bits per heavy atom. The Bertz CT molecular complexity index is 1220. The third-order valence-corrected chi connectivity index (χ3v) is 6.13. The van der Waals surface area contributed by atoms with Gasteiger partial charge in [0.2, 0.25) is 5.91 Å². The summed E-state index contributed by atoms with van der Waals surface area (Å²) in [4.78, 5) is 12.6. The van der Waals surface area contributed by atoms with Crippen LogP contribution in [-0.2, 0) is 4.79 Å². The van der Waals surface area contributed by atoms with Gasteiger partial charge in [-0.2, -0.15) is 0 Å². The van der Waals surface area contributed by atoms with E-state index >= 15 is 0 Å². The number of aromatic nitrogens is 3. The molecular weight excluding hydrogens is 384 g/mol. The van der Waals surface area contributed by atoms with Gasteiger partial charge in [0, 0.05) is 17.4 Å². The topological polar surface area (TPSA) is 68.5 Å². The quantitative estimate of drug-likeness (QED) is 0.522. The molecule has 1 aliphatic rings. The minimum atomic E-state index is -0.0233. The molecule has 1 aliphatic heterocycles. The molecule has 0 saturated heterocycles. The molecule has 5 rings (SSSR count). The van der Waals surface area contributed by atoms with Gasteiger partial charge in [-0.05, 0) is 30.7 Å². The number of para-hydroxylation sites is 2. The summed E-state index contributed by atoms with van der Waals surface area (Å²) in [5, 5.41) is 13.6. The van der Waals surface area contributed by atoms with E-state index in [-0.39, 0.29) is 17.7 Å². The summed E-state index contributed by atoms with van der Waals surface area (Å²) in [6.07, 6.45) is 0.769. The van der Waals surface area contributed by atoms with E-state index in [9.17, 15) is 4.79 Å². The monoisotopic (exact) mass is 404 g/mol. The minimum absolute atomic E-state index is 0.0216. The Balaban J connectivity index is 1.35. The summed E-state index contributed by atoms with van der Waals surface area (Å²) < 4.78 is 7.69. The molecule has 1 unspecified atom stereocenters. The zero-order chi connectivity index (χ0) is 19.8. The van der Waals surface area contributed by atoms with E-state index in [2.05, 4.69) is 34.6 Å². The Morgan fingerprint density at radius 3 is 2.97 bits per heavy atom. The number of carbonyl (C=O) groups excluding carboxylic acids is 1. The van der Waals surface area contributed by atoms with E-state index < -0.39 is 0 Å². The Hall–Kier alpha value is -3.06. The van der Waals surface area contributed by atoms with Crippen molar-refractivity contribution in [1.29, 1.82) is 0 Å². The summed E-state index contributed by atoms with van der Waals surface area (Å²) in [6, 6.07) is 18.0. The van der Waals surface area contributed by atoms with Crippen LogP contribution in [0.15, 0.2) is 59.8 Å². The average Bonchev–Trinajstić information content (AvgIpc) is 3.16. The van der Waals surface area contributed by atoms with E-state index in [0.29, 0.717) is 6.61 Å². The molecule has 0 spiro atoms. The number of pyridine rings is 1. The zero-order valence-corrected chi connectivity index (χ0v) is 16.8. The molecule has 7 heteroatoms. The van der Waals surface area contributed by atoms with E-state index in [1.165, 1.54) is 11.8 Å². The Kier molecular flexibility index (Phi) is 4.60. The normalized spacial score (nSPS) is 15.8. The van der Waals surface area contributed by atoms with Gasteiger partial charge in [0.25, 0.3) is 0 Å². The molecule has 2 aromatic carbocycles. The maximum Gasteiger partial charge on any atom is 0.230 e. The summed E-state index contributed by atoms with van der Waals surface area (Å²) in [6.45, 7) is 2.68. The van der Waals surface area contributed by atoms with E-state index in [4.69, 9.17) is 4.74 Å². The lowest BCUT2D eigenvalue weighted by atomic mass is 10.0. The number of rotatable bonds is 4. The van der Waals surface area contributed by atoms with E-state index in [0.717, 1.165) is 45.0 Å². The lowest BCUT2D eigenvalue weighted by molar-refractivity contribution is -0.119. The maximum atomic E-state index is 12.6. The molecule has 0 fully saturated rings. The molecule has 0 saturated carbocycles. The Morgan fingerprint density at radius 1 is 1.21 bits per heavy atom. The second-order valence-corrected chi connectivity index (χ2v) is 8.05. The van der Waals surface area contributed by atoms with Crippen LogP contribution >= 0.6 is 11.8 Å². The fourth-order valence-electron chi connectivity index (χ4n) is 3.83. The van der Waals surface area contributed by atoms with Crippen molar-refractivity contribution in [2.75, 3.05) is 12.4 Å². The van der Waals surface area contributed by atoms with Gasteiger partial charge in [0.05, 0.1) is 23.9 Å². The fraction of sp³-hybridized carbons (Fsp3) is 0.227. The molecular formula is C22H20N4O2S. The molecule has 146 valence electrons. The van der Waals surface area contributed by atoms with Crippen LogP contribution in [0.2, 0.25) is 0 Å². The first-order valence-electron chi connectivity index (χ1n) is 9.58. The second-order valence-electron chi connectivity index (χ2n) is 7.10. The van der Waals surface area contributed by atoms with Crippen LogP contribution < -0.4 is 10.1 Å². The third kappa shape index (κ3) is 3.31. The molecule has 1 amide bonds.